The lowest BCUT2D eigenvalue weighted by molar-refractivity contribution is -0.402. The van der Waals surface area contributed by atoms with Crippen molar-refractivity contribution in [2.75, 3.05) is 18.1 Å². The Kier molecular flexibility index (Phi) is 3.77. The lowest BCUT2D eigenvalue weighted by atomic mass is 9.88. The van der Waals surface area contributed by atoms with Crippen LogP contribution >= 0.6 is 0 Å². The van der Waals surface area contributed by atoms with Crippen LogP contribution in [-0.2, 0) is 15.2 Å². The van der Waals surface area contributed by atoms with Crippen molar-refractivity contribution < 1.29 is 22.6 Å². The van der Waals surface area contributed by atoms with Crippen LogP contribution in [0, 0.1) is 0 Å². The molecule has 6 nitrogen and oxygen atoms in total. The van der Waals surface area contributed by atoms with Crippen LogP contribution in [0.1, 0.15) is 32.1 Å². The largest absolute Gasteiger partial charge is 0.524 e. The van der Waals surface area contributed by atoms with Gasteiger partial charge in [-0.05, 0) is 32.1 Å². The average molecular weight is 346 g/mol. The second-order valence-electron chi connectivity index (χ2n) is 6.97. The van der Waals surface area contributed by atoms with E-state index in [-0.39, 0.29) is 18.1 Å². The monoisotopic (exact) mass is 346 g/mol. The van der Waals surface area contributed by atoms with Gasteiger partial charge in [-0.2, -0.15) is 5.10 Å². The molecule has 9 heteroatoms. The van der Waals surface area contributed by atoms with E-state index >= 15 is 0 Å². The summed E-state index contributed by atoms with van der Waals surface area (Å²) in [7, 11) is 0. The molecular weight excluding hydrogens is 325 g/mol. The molecule has 2 N–H and O–H groups in total. The molecule has 1 aliphatic carbocycles. The van der Waals surface area contributed by atoms with Gasteiger partial charge in [0.25, 0.3) is 0 Å². The summed E-state index contributed by atoms with van der Waals surface area (Å²) in [6, 6.07) is 0.429. The molecule has 0 spiro atoms. The van der Waals surface area contributed by atoms with E-state index < -0.39 is 12.1 Å². The predicted octanol–water partition coefficient (Wildman–Crippen LogP) is 1.95. The molecule has 0 aromatic carbocycles. The highest BCUT2D eigenvalue weighted by Crippen LogP contribution is 2.45. The fourth-order valence-electron chi connectivity index (χ4n) is 4.12. The second-order valence-corrected chi connectivity index (χ2v) is 6.97. The van der Waals surface area contributed by atoms with E-state index in [1.54, 1.807) is 12.4 Å². The minimum Gasteiger partial charge on any atom is -0.377 e. The first kappa shape index (κ1) is 16.2. The van der Waals surface area contributed by atoms with Crippen molar-refractivity contribution in [2.24, 2.45) is 5.73 Å². The molecule has 4 rings (SSSR count). The van der Waals surface area contributed by atoms with E-state index in [9.17, 15) is 13.2 Å². The number of anilines is 1. The van der Waals surface area contributed by atoms with Gasteiger partial charge in [0.05, 0.1) is 43.4 Å². The average Bonchev–Trinajstić information content (AvgIpc) is 2.90. The third-order valence-corrected chi connectivity index (χ3v) is 5.28. The summed E-state index contributed by atoms with van der Waals surface area (Å²) in [5.41, 5.74) is 5.51. The standard InChI is InChI=1S/C15H21F3N4O2/c16-15(17,18)24-14(2-1-3-14)21-7-13(6-20-21)22-11-4-10(19)5-12(22)9-23-8-11/h6-7,10-12H,1-5,8-9,19H2/t10?,11-,12+. The molecule has 3 aliphatic rings. The number of ether oxygens (including phenoxy) is 2. The molecule has 2 bridgehead atoms. The van der Waals surface area contributed by atoms with Gasteiger partial charge >= 0.3 is 6.36 Å². The van der Waals surface area contributed by atoms with Crippen molar-refractivity contribution in [3.8, 4) is 0 Å². The minimum absolute atomic E-state index is 0.140. The first-order chi connectivity index (χ1) is 11.4. The van der Waals surface area contributed by atoms with Gasteiger partial charge in [-0.1, -0.05) is 0 Å². The SMILES string of the molecule is NC1C[C@H]2COC[C@@H](C1)N2c1cnn(C2(OC(F)(F)F)CCC2)c1. The van der Waals surface area contributed by atoms with Gasteiger partial charge in [0.15, 0.2) is 5.72 Å². The Morgan fingerprint density at radius 3 is 2.46 bits per heavy atom. The van der Waals surface area contributed by atoms with Gasteiger partial charge in [0.2, 0.25) is 0 Å². The summed E-state index contributed by atoms with van der Waals surface area (Å²) in [6.45, 7) is 1.17. The van der Waals surface area contributed by atoms with Crippen LogP contribution in [0.2, 0.25) is 0 Å². The topological polar surface area (TPSA) is 65.5 Å². The molecule has 0 amide bonds. The molecule has 0 radical (unpaired) electrons. The Morgan fingerprint density at radius 2 is 1.92 bits per heavy atom. The van der Waals surface area contributed by atoms with E-state index in [0.717, 1.165) is 18.5 Å². The maximum Gasteiger partial charge on any atom is 0.524 e. The highest BCUT2D eigenvalue weighted by atomic mass is 19.4. The van der Waals surface area contributed by atoms with Crippen LogP contribution in [0.5, 0.6) is 0 Å². The van der Waals surface area contributed by atoms with Crippen LogP contribution in [0.4, 0.5) is 18.9 Å². The number of nitrogens with two attached hydrogens (primary N) is 1. The van der Waals surface area contributed by atoms with Crippen molar-refractivity contribution in [2.45, 2.75) is 62.3 Å². The first-order valence-corrected chi connectivity index (χ1v) is 8.30. The van der Waals surface area contributed by atoms with Gasteiger partial charge in [0.1, 0.15) is 0 Å². The Morgan fingerprint density at radius 1 is 1.25 bits per heavy atom. The van der Waals surface area contributed by atoms with Crippen LogP contribution in [0.3, 0.4) is 0 Å². The number of morpholine rings is 1. The fourth-order valence-corrected chi connectivity index (χ4v) is 4.12. The van der Waals surface area contributed by atoms with Crippen molar-refractivity contribution in [1.29, 1.82) is 0 Å². The number of halogens is 3. The van der Waals surface area contributed by atoms with Crippen molar-refractivity contribution in [3.05, 3.63) is 12.4 Å². The van der Waals surface area contributed by atoms with Gasteiger partial charge < -0.3 is 15.4 Å². The molecule has 24 heavy (non-hydrogen) atoms. The van der Waals surface area contributed by atoms with Gasteiger partial charge in [-0.25, -0.2) is 4.68 Å². The van der Waals surface area contributed by atoms with Crippen LogP contribution in [0.15, 0.2) is 12.4 Å². The minimum atomic E-state index is -4.67. The maximum atomic E-state index is 12.7. The third kappa shape index (κ3) is 2.78. The smallest absolute Gasteiger partial charge is 0.377 e. The fraction of sp³-hybridized carbons (Fsp3) is 0.800. The molecular formula is C15H21F3N4O2. The molecule has 1 aromatic heterocycles. The number of hydrogen-bond donors (Lipinski definition) is 1. The summed E-state index contributed by atoms with van der Waals surface area (Å²) in [5, 5.41) is 4.19. The van der Waals surface area contributed by atoms with Crippen LogP contribution in [0.25, 0.3) is 0 Å². The number of aromatic nitrogens is 2. The zero-order chi connectivity index (χ0) is 16.9. The van der Waals surface area contributed by atoms with Crippen molar-refractivity contribution >= 4 is 5.69 Å². The molecule has 3 fully saturated rings. The lowest BCUT2D eigenvalue weighted by Crippen LogP contribution is -2.59. The maximum absolute atomic E-state index is 12.7. The Balaban J connectivity index is 1.58. The van der Waals surface area contributed by atoms with Gasteiger partial charge in [-0.3, -0.25) is 4.74 Å². The van der Waals surface area contributed by atoms with E-state index in [1.165, 1.54) is 4.68 Å². The van der Waals surface area contributed by atoms with E-state index in [2.05, 4.69) is 14.7 Å². The van der Waals surface area contributed by atoms with Crippen molar-refractivity contribution in [1.82, 2.24) is 9.78 Å². The molecule has 3 heterocycles. The Labute approximate surface area is 137 Å². The van der Waals surface area contributed by atoms with E-state index in [1.807, 2.05) is 0 Å². The molecule has 134 valence electrons. The highest BCUT2D eigenvalue weighted by Gasteiger charge is 2.50. The second kappa shape index (κ2) is 5.60. The van der Waals surface area contributed by atoms with E-state index in [0.29, 0.717) is 32.5 Å². The van der Waals surface area contributed by atoms with Crippen LogP contribution in [-0.4, -0.2) is 47.5 Å². The summed E-state index contributed by atoms with van der Waals surface area (Å²) in [4.78, 5) is 2.20. The van der Waals surface area contributed by atoms with E-state index in [4.69, 9.17) is 10.5 Å². The zero-order valence-electron chi connectivity index (χ0n) is 13.2. The number of piperidine rings is 1. The Bertz CT molecular complexity index is 588. The first-order valence-electron chi connectivity index (χ1n) is 8.30. The normalized spacial score (nSPS) is 32.5. The third-order valence-electron chi connectivity index (χ3n) is 5.28. The Hall–Kier alpha value is -1.32. The van der Waals surface area contributed by atoms with Gasteiger partial charge in [-0.15, -0.1) is 13.2 Å². The molecule has 2 aliphatic heterocycles. The molecule has 2 saturated heterocycles. The van der Waals surface area contributed by atoms with Crippen LogP contribution < -0.4 is 10.6 Å². The zero-order valence-corrected chi connectivity index (χ0v) is 13.2. The number of fused-ring (bicyclic) bond motifs is 2. The number of alkyl halides is 3. The molecule has 1 unspecified atom stereocenters. The predicted molar refractivity (Wildman–Crippen MR) is 79.3 cm³/mol. The number of hydrogen-bond acceptors (Lipinski definition) is 5. The number of nitrogens with zero attached hydrogens (tertiary/aromatic N) is 3. The quantitative estimate of drug-likeness (QED) is 0.906. The lowest BCUT2D eigenvalue weighted by Gasteiger charge is -2.48. The summed E-state index contributed by atoms with van der Waals surface area (Å²) in [5.74, 6) is 0. The summed E-state index contributed by atoms with van der Waals surface area (Å²) < 4.78 is 49.6. The van der Waals surface area contributed by atoms with Crippen molar-refractivity contribution in [3.63, 3.8) is 0 Å². The number of rotatable bonds is 3. The molecule has 1 saturated carbocycles. The summed E-state index contributed by atoms with van der Waals surface area (Å²) >= 11 is 0. The summed E-state index contributed by atoms with van der Waals surface area (Å²) in [6.07, 6.45) is 1.58. The molecule has 1 aromatic rings. The molecule has 3 atom stereocenters. The highest BCUT2D eigenvalue weighted by molar-refractivity contribution is 5.47. The van der Waals surface area contributed by atoms with Gasteiger partial charge in [0, 0.05) is 6.04 Å².